The molecule has 0 spiro atoms. The molecular weight excluding hydrogens is 526 g/mol. The van der Waals surface area contributed by atoms with E-state index in [4.69, 9.17) is 31.0 Å². The molecule has 3 aliphatic rings. The molecule has 4 heterocycles. The number of ether oxygens (including phenoxy) is 2. The molecule has 1 unspecified atom stereocenters. The molecule has 212 valence electrons. The van der Waals surface area contributed by atoms with Gasteiger partial charge in [0.2, 0.25) is 0 Å². The molecule has 8 nitrogen and oxygen atoms in total. The number of anilines is 2. The first-order chi connectivity index (χ1) is 19.5. The number of nitrogens with zero attached hydrogens (tertiary/aromatic N) is 5. The Hall–Kier alpha value is -2.94. The number of aldehydes is 1. The van der Waals surface area contributed by atoms with Crippen molar-refractivity contribution in [3.8, 4) is 6.01 Å². The van der Waals surface area contributed by atoms with E-state index in [-0.39, 0.29) is 0 Å². The number of methoxy groups -OCH3 is 1. The smallest absolute Gasteiger partial charge is 0.318 e. The maximum atomic E-state index is 12.0. The summed E-state index contributed by atoms with van der Waals surface area (Å²) in [6.07, 6.45) is 5.72. The van der Waals surface area contributed by atoms with Crippen LogP contribution in [0.4, 0.5) is 11.5 Å². The first kappa shape index (κ1) is 27.2. The number of rotatable bonds is 8. The van der Waals surface area contributed by atoms with Crippen LogP contribution >= 0.6 is 11.6 Å². The normalized spacial score (nSPS) is 21.0. The van der Waals surface area contributed by atoms with Crippen LogP contribution in [0, 0.1) is 5.41 Å². The van der Waals surface area contributed by atoms with E-state index in [0.29, 0.717) is 31.8 Å². The number of piperidine rings is 1. The third-order valence-electron chi connectivity index (χ3n) is 9.01. The van der Waals surface area contributed by atoms with Gasteiger partial charge in [-0.15, -0.1) is 0 Å². The molecule has 0 N–H and O–H groups in total. The summed E-state index contributed by atoms with van der Waals surface area (Å²) in [4.78, 5) is 29.0. The summed E-state index contributed by atoms with van der Waals surface area (Å²) < 4.78 is 11.7. The molecule has 0 bridgehead atoms. The highest BCUT2D eigenvalue weighted by atomic mass is 35.5. The second-order valence-electron chi connectivity index (χ2n) is 11.5. The summed E-state index contributed by atoms with van der Waals surface area (Å²) in [5.74, 6) is 0.951. The Balaban J connectivity index is 1.31. The minimum Gasteiger partial charge on any atom is -0.462 e. The second kappa shape index (κ2) is 11.5. The van der Waals surface area contributed by atoms with Crippen LogP contribution in [0.3, 0.4) is 0 Å². The number of likely N-dealkylation sites (N-methyl/N-ethyl adjacent to an activating group) is 1. The number of halogens is 1. The van der Waals surface area contributed by atoms with Crippen molar-refractivity contribution in [2.24, 2.45) is 5.41 Å². The minimum absolute atomic E-state index is 0.384. The predicted molar refractivity (Wildman–Crippen MR) is 159 cm³/mol. The Morgan fingerprint density at radius 3 is 2.60 bits per heavy atom. The van der Waals surface area contributed by atoms with Crippen LogP contribution in [0.25, 0.3) is 10.8 Å². The van der Waals surface area contributed by atoms with Crippen LogP contribution in [0.2, 0.25) is 5.02 Å². The topological polar surface area (TPSA) is 71.0 Å². The lowest BCUT2D eigenvalue weighted by Gasteiger charge is -2.40. The fourth-order valence-corrected chi connectivity index (χ4v) is 6.85. The van der Waals surface area contributed by atoms with Crippen molar-refractivity contribution in [3.05, 3.63) is 52.7 Å². The number of hydrogen-bond donors (Lipinski definition) is 0. The summed E-state index contributed by atoms with van der Waals surface area (Å²) in [6, 6.07) is 13.2. The fourth-order valence-electron chi connectivity index (χ4n) is 6.57. The van der Waals surface area contributed by atoms with Crippen LogP contribution in [0.5, 0.6) is 6.01 Å². The van der Waals surface area contributed by atoms with Gasteiger partial charge in [0.1, 0.15) is 18.7 Å². The van der Waals surface area contributed by atoms with Crippen molar-refractivity contribution in [1.82, 2.24) is 14.9 Å². The van der Waals surface area contributed by atoms with Gasteiger partial charge in [0.05, 0.1) is 29.3 Å². The van der Waals surface area contributed by atoms with Crippen molar-refractivity contribution in [2.75, 3.05) is 63.4 Å². The molecule has 3 aromatic rings. The Bertz CT molecular complexity index is 1370. The molecule has 0 saturated carbocycles. The maximum absolute atomic E-state index is 12.0. The van der Waals surface area contributed by atoms with Crippen molar-refractivity contribution in [1.29, 1.82) is 0 Å². The summed E-state index contributed by atoms with van der Waals surface area (Å²) >= 11 is 6.69. The first-order valence-electron chi connectivity index (χ1n) is 14.4. The van der Waals surface area contributed by atoms with Crippen LogP contribution in [-0.4, -0.2) is 80.7 Å². The lowest BCUT2D eigenvalue weighted by Crippen LogP contribution is -2.44. The number of carbonyl (C=O) groups is 1. The average Bonchev–Trinajstić information content (AvgIpc) is 3.40. The zero-order valence-corrected chi connectivity index (χ0v) is 24.2. The summed E-state index contributed by atoms with van der Waals surface area (Å²) in [7, 11) is 3.82. The number of benzene rings is 2. The molecular formula is C31H38ClN5O3. The van der Waals surface area contributed by atoms with Gasteiger partial charge in [-0.1, -0.05) is 35.9 Å². The van der Waals surface area contributed by atoms with E-state index in [1.807, 2.05) is 12.1 Å². The van der Waals surface area contributed by atoms with Crippen molar-refractivity contribution >= 4 is 40.2 Å². The van der Waals surface area contributed by atoms with Gasteiger partial charge < -0.3 is 29.0 Å². The van der Waals surface area contributed by atoms with Crippen LogP contribution in [0.1, 0.15) is 36.9 Å². The molecule has 2 saturated heterocycles. The SMILES string of the molecule is COCC1(C=O)CCN(c2nc(OCC3CCCN3C)nc3c2CCN(c2cccc4cccc(Cl)c24)C3)CC1. The Morgan fingerprint density at radius 2 is 1.88 bits per heavy atom. The van der Waals surface area contributed by atoms with E-state index in [1.165, 1.54) is 12.0 Å². The van der Waals surface area contributed by atoms with Gasteiger partial charge in [-0.05, 0) is 63.2 Å². The third-order valence-corrected chi connectivity index (χ3v) is 9.33. The zero-order valence-electron chi connectivity index (χ0n) is 23.4. The standard InChI is InChI=1S/C31H38ClN5O3/c1-35-14-5-8-23(35)19-40-30-33-26-18-37(27-10-4-7-22-6-3-9-25(32)28(22)27)15-11-24(26)29(34-30)36-16-12-31(20-38,13-17-36)21-39-2/h3-4,6-7,9-10,20,23H,5,8,11-19,21H2,1-2H3. The average molecular weight is 564 g/mol. The predicted octanol–water partition coefficient (Wildman–Crippen LogP) is 4.75. The van der Waals surface area contributed by atoms with Crippen molar-refractivity contribution in [3.63, 3.8) is 0 Å². The molecule has 0 amide bonds. The molecule has 40 heavy (non-hydrogen) atoms. The van der Waals surface area contributed by atoms with E-state index >= 15 is 0 Å². The molecule has 3 aliphatic heterocycles. The maximum Gasteiger partial charge on any atom is 0.318 e. The summed E-state index contributed by atoms with van der Waals surface area (Å²) in [5.41, 5.74) is 2.88. The van der Waals surface area contributed by atoms with E-state index in [9.17, 15) is 4.79 Å². The van der Waals surface area contributed by atoms with Crippen LogP contribution in [0.15, 0.2) is 36.4 Å². The summed E-state index contributed by atoms with van der Waals surface area (Å²) in [6.45, 7) is 5.14. The zero-order chi connectivity index (χ0) is 27.7. The number of fused-ring (bicyclic) bond motifs is 2. The largest absolute Gasteiger partial charge is 0.462 e. The van der Waals surface area contributed by atoms with E-state index in [2.05, 4.69) is 46.0 Å². The monoisotopic (exact) mass is 563 g/mol. The minimum atomic E-state index is -0.421. The van der Waals surface area contributed by atoms with Crippen LogP contribution in [-0.2, 0) is 22.5 Å². The van der Waals surface area contributed by atoms with Gasteiger partial charge in [0.25, 0.3) is 0 Å². The molecule has 1 aromatic heterocycles. The highest BCUT2D eigenvalue weighted by molar-refractivity contribution is 6.36. The molecule has 0 aliphatic carbocycles. The van der Waals surface area contributed by atoms with Gasteiger partial charge >= 0.3 is 6.01 Å². The van der Waals surface area contributed by atoms with Gasteiger partial charge in [-0.3, -0.25) is 0 Å². The fraction of sp³-hybridized carbons (Fsp3) is 0.516. The quantitative estimate of drug-likeness (QED) is 0.364. The number of aromatic nitrogens is 2. The molecule has 6 rings (SSSR count). The van der Waals surface area contributed by atoms with Gasteiger partial charge in [0, 0.05) is 49.4 Å². The highest BCUT2D eigenvalue weighted by Crippen LogP contribution is 2.38. The number of hydrogen-bond acceptors (Lipinski definition) is 8. The van der Waals surface area contributed by atoms with E-state index in [0.717, 1.165) is 91.1 Å². The lowest BCUT2D eigenvalue weighted by molar-refractivity contribution is -0.120. The second-order valence-corrected chi connectivity index (χ2v) is 11.9. The van der Waals surface area contributed by atoms with E-state index in [1.54, 1.807) is 7.11 Å². The molecule has 2 aromatic carbocycles. The van der Waals surface area contributed by atoms with Crippen molar-refractivity contribution in [2.45, 2.75) is 44.7 Å². The van der Waals surface area contributed by atoms with E-state index < -0.39 is 5.41 Å². The lowest BCUT2D eigenvalue weighted by atomic mass is 9.80. The highest BCUT2D eigenvalue weighted by Gasteiger charge is 2.37. The number of carbonyl (C=O) groups excluding carboxylic acids is 1. The van der Waals surface area contributed by atoms with Gasteiger partial charge in [-0.2, -0.15) is 9.97 Å². The van der Waals surface area contributed by atoms with Gasteiger partial charge in [0.15, 0.2) is 0 Å². The van der Waals surface area contributed by atoms with Gasteiger partial charge in [-0.25, -0.2) is 0 Å². The Kier molecular flexibility index (Phi) is 7.84. The number of likely N-dealkylation sites (tertiary alicyclic amines) is 1. The van der Waals surface area contributed by atoms with Crippen molar-refractivity contribution < 1.29 is 14.3 Å². The molecule has 9 heteroatoms. The molecule has 0 radical (unpaired) electrons. The Labute approximate surface area is 241 Å². The summed E-state index contributed by atoms with van der Waals surface area (Å²) in [5, 5.41) is 2.96. The molecule has 2 fully saturated rings. The Morgan fingerprint density at radius 1 is 1.07 bits per heavy atom. The third kappa shape index (κ3) is 5.24. The molecule has 1 atom stereocenters. The first-order valence-corrected chi connectivity index (χ1v) is 14.7. The van der Waals surface area contributed by atoms with Crippen LogP contribution < -0.4 is 14.5 Å².